The van der Waals surface area contributed by atoms with Crippen LogP contribution in [-0.4, -0.2) is 58.0 Å². The summed E-state index contributed by atoms with van der Waals surface area (Å²) in [6.07, 6.45) is 4.85. The number of pyridine rings is 1. The van der Waals surface area contributed by atoms with Gasteiger partial charge in [-0.2, -0.15) is 30.9 Å². The van der Waals surface area contributed by atoms with Crippen LogP contribution in [-0.2, 0) is 45.9 Å². The van der Waals surface area contributed by atoms with Crippen molar-refractivity contribution in [1.82, 2.24) is 0 Å². The minimum Gasteiger partial charge on any atom is -0.421 e. The summed E-state index contributed by atoms with van der Waals surface area (Å²) in [5.74, 6) is 0. The molecule has 18 heteroatoms. The molecule has 0 fully saturated rings. The molecule has 0 bridgehead atoms. The third-order valence-corrected chi connectivity index (χ3v) is 8.95. The molecule has 1 aromatic rings. The van der Waals surface area contributed by atoms with Crippen molar-refractivity contribution in [3.8, 4) is 0 Å². The first kappa shape index (κ1) is 30.7. The summed E-state index contributed by atoms with van der Waals surface area (Å²) in [7, 11) is -11.1. The van der Waals surface area contributed by atoms with Gasteiger partial charge in [-0.25, -0.2) is 16.8 Å². The molecule has 9 nitrogen and oxygen atoms in total. The highest BCUT2D eigenvalue weighted by Crippen LogP contribution is 2.36. The van der Waals surface area contributed by atoms with Crippen LogP contribution in [0.3, 0.4) is 0 Å². The predicted octanol–water partition coefficient (Wildman–Crippen LogP) is 2.40. The molecule has 0 spiro atoms. The van der Waals surface area contributed by atoms with E-state index in [2.05, 4.69) is 23.6 Å². The third-order valence-electron chi connectivity index (χ3n) is 3.62. The predicted molar refractivity (Wildman–Crippen MR) is 101 cm³/mol. The van der Waals surface area contributed by atoms with E-state index in [1.807, 2.05) is 12.3 Å². The van der Waals surface area contributed by atoms with Crippen molar-refractivity contribution < 1.29 is 61.0 Å². The fourth-order valence-corrected chi connectivity index (χ4v) is 5.34. The van der Waals surface area contributed by atoms with Crippen LogP contribution in [0.25, 0.3) is 4.13 Å². The lowest BCUT2D eigenvalue weighted by Gasteiger charge is -2.22. The van der Waals surface area contributed by atoms with E-state index >= 15 is 0 Å². The van der Waals surface area contributed by atoms with Gasteiger partial charge >= 0.3 is 19.8 Å². The summed E-state index contributed by atoms with van der Waals surface area (Å²) in [6.45, 7) is 2.17. The van der Waals surface area contributed by atoms with Crippen molar-refractivity contribution in [2.45, 2.75) is 37.0 Å². The van der Waals surface area contributed by atoms with Gasteiger partial charge in [0.15, 0.2) is 31.9 Å². The highest BCUT2D eigenvalue weighted by atomic mass is 32.3. The molecule has 0 atom stereocenters. The SMILES string of the molecule is CCCc1cccc[n+]1C[Si](OC)(OC)OC.O=S(=O)([N-]S(=O)(=O)C(F)(F)F)C(F)(F)F. The van der Waals surface area contributed by atoms with E-state index in [0.29, 0.717) is 6.17 Å². The van der Waals surface area contributed by atoms with Gasteiger partial charge in [0.1, 0.15) is 0 Å². The molecule has 0 radical (unpaired) electrons. The second-order valence-electron chi connectivity index (χ2n) is 5.78. The number of hydrogen-bond acceptors (Lipinski definition) is 7. The van der Waals surface area contributed by atoms with Crippen molar-refractivity contribution in [3.63, 3.8) is 0 Å². The fourth-order valence-electron chi connectivity index (χ4n) is 2.01. The summed E-state index contributed by atoms with van der Waals surface area (Å²) in [4.78, 5) is 0. The zero-order valence-corrected chi connectivity index (χ0v) is 19.9. The number of aromatic nitrogens is 1. The highest BCUT2D eigenvalue weighted by molar-refractivity contribution is 8.13. The molecule has 1 rings (SSSR count). The van der Waals surface area contributed by atoms with Crippen molar-refractivity contribution >= 4 is 28.9 Å². The zero-order valence-electron chi connectivity index (χ0n) is 17.3. The van der Waals surface area contributed by atoms with Crippen molar-refractivity contribution in [3.05, 3.63) is 34.2 Å². The summed E-state index contributed by atoms with van der Waals surface area (Å²) in [6, 6.07) is 6.19. The summed E-state index contributed by atoms with van der Waals surface area (Å²) >= 11 is 0. The lowest BCUT2D eigenvalue weighted by molar-refractivity contribution is -0.692. The molecule has 0 aliphatic rings. The molecule has 1 heterocycles. The topological polar surface area (TPSA) is 114 Å². The van der Waals surface area contributed by atoms with Crippen LogP contribution in [0.2, 0.25) is 0 Å². The molecule has 0 amide bonds. The first-order valence-corrected chi connectivity index (χ1v) is 13.2. The van der Waals surface area contributed by atoms with Crippen LogP contribution in [0.1, 0.15) is 19.0 Å². The Labute approximate surface area is 182 Å². The Balaban J connectivity index is 0.000000607. The number of hydrogen-bond donors (Lipinski definition) is 0. The van der Waals surface area contributed by atoms with E-state index in [-0.39, 0.29) is 0 Å². The highest BCUT2D eigenvalue weighted by Gasteiger charge is 2.47. The number of alkyl halides is 6. The number of rotatable bonds is 9. The molecule has 0 unspecified atom stereocenters. The van der Waals surface area contributed by atoms with Gasteiger partial charge in [-0.3, -0.25) is 0 Å². The normalized spacial score (nSPS) is 13.4. The van der Waals surface area contributed by atoms with E-state index < -0.39 is 39.9 Å². The van der Waals surface area contributed by atoms with Crippen LogP contribution >= 0.6 is 0 Å². The second kappa shape index (κ2) is 11.7. The molecule has 0 N–H and O–H groups in total. The fraction of sp³-hybridized carbons (Fsp3) is 0.643. The van der Waals surface area contributed by atoms with Crippen LogP contribution < -0.4 is 4.57 Å². The maximum atomic E-state index is 11.4. The van der Waals surface area contributed by atoms with E-state index in [4.69, 9.17) is 13.3 Å². The lowest BCUT2D eigenvalue weighted by atomic mass is 10.2. The maximum Gasteiger partial charge on any atom is 0.569 e. The van der Waals surface area contributed by atoms with E-state index in [1.165, 1.54) is 5.69 Å². The molecule has 0 saturated heterocycles. The summed E-state index contributed by atoms with van der Waals surface area (Å²) in [5.41, 5.74) is -11.1. The molecule has 188 valence electrons. The van der Waals surface area contributed by atoms with Gasteiger partial charge in [-0.1, -0.05) is 13.0 Å². The minimum absolute atomic E-state index is 0.646. The van der Waals surface area contributed by atoms with Crippen molar-refractivity contribution in [1.29, 1.82) is 0 Å². The van der Waals surface area contributed by atoms with Gasteiger partial charge in [0, 0.05) is 39.9 Å². The quantitative estimate of drug-likeness (QED) is 0.271. The molecular formula is C14H22F6N2O7S2Si. The average Bonchev–Trinajstić information content (AvgIpc) is 2.66. The molecule has 0 aliphatic heterocycles. The number of sulfonamides is 2. The van der Waals surface area contributed by atoms with Gasteiger partial charge in [-0.15, -0.1) is 0 Å². The molecule has 0 aromatic carbocycles. The van der Waals surface area contributed by atoms with E-state index in [0.717, 1.165) is 17.0 Å². The Morgan fingerprint density at radius 2 is 1.34 bits per heavy atom. The summed E-state index contributed by atoms with van der Waals surface area (Å²) < 4.78 is 128. The Morgan fingerprint density at radius 1 is 0.906 bits per heavy atom. The number of halogens is 6. The van der Waals surface area contributed by atoms with Gasteiger partial charge in [0.05, 0.1) is 0 Å². The molecule has 1 aromatic heterocycles. The van der Waals surface area contributed by atoms with Gasteiger partial charge in [0.2, 0.25) is 6.17 Å². The Hall–Kier alpha value is -1.31. The Kier molecular flexibility index (Phi) is 11.2. The zero-order chi connectivity index (χ0) is 25.4. The van der Waals surface area contributed by atoms with E-state index in [9.17, 15) is 43.2 Å². The molecule has 0 saturated carbocycles. The molecule has 32 heavy (non-hydrogen) atoms. The van der Waals surface area contributed by atoms with Crippen LogP contribution in [0, 0.1) is 0 Å². The van der Waals surface area contributed by atoms with Gasteiger partial charge in [0.25, 0.3) is 0 Å². The monoisotopic (exact) mass is 536 g/mol. The smallest absolute Gasteiger partial charge is 0.421 e. The van der Waals surface area contributed by atoms with E-state index in [1.54, 1.807) is 21.3 Å². The van der Waals surface area contributed by atoms with Crippen LogP contribution in [0.5, 0.6) is 0 Å². The average molecular weight is 537 g/mol. The largest absolute Gasteiger partial charge is 0.569 e. The van der Waals surface area contributed by atoms with Crippen LogP contribution in [0.4, 0.5) is 26.3 Å². The Morgan fingerprint density at radius 3 is 1.69 bits per heavy atom. The second-order valence-corrected chi connectivity index (χ2v) is 12.1. The summed E-state index contributed by atoms with van der Waals surface area (Å²) in [5, 5.41) is 0. The van der Waals surface area contributed by atoms with Gasteiger partial charge in [-0.05, 0) is 6.42 Å². The van der Waals surface area contributed by atoms with Crippen molar-refractivity contribution in [2.75, 3.05) is 21.3 Å². The first-order chi connectivity index (χ1) is 14.4. The van der Waals surface area contributed by atoms with Gasteiger partial charge < -0.3 is 17.4 Å². The first-order valence-electron chi connectivity index (χ1n) is 8.41. The maximum absolute atomic E-state index is 11.4. The van der Waals surface area contributed by atoms with Crippen LogP contribution in [0.15, 0.2) is 24.4 Å². The standard InChI is InChI=1S/C12H22NO3Si.C2F6NO4S2/c1-5-8-12-9-6-7-10-13(12)11-17(14-2,15-3)16-4;3-1(4,5)14(10,11)9-15(12,13)2(6,7)8/h6-7,9-10H,5,8,11H2,1-4H3;/q+1;-1. The molecular weight excluding hydrogens is 514 g/mol. The number of aryl methyl sites for hydroxylation is 1. The third kappa shape index (κ3) is 8.56. The number of nitrogens with zero attached hydrogens (tertiary/aromatic N) is 2. The van der Waals surface area contributed by atoms with Crippen molar-refractivity contribution in [2.24, 2.45) is 0 Å². The Bertz CT molecular complexity index is 885. The molecule has 0 aliphatic carbocycles. The minimum atomic E-state index is -6.72. The lowest BCUT2D eigenvalue weighted by Crippen LogP contribution is -2.57.